The molecule has 1 aromatic rings. The number of nitrogens with zero attached hydrogens (tertiary/aromatic N) is 1. The third-order valence-corrected chi connectivity index (χ3v) is 3.04. The molecule has 1 saturated heterocycles. The Kier molecular flexibility index (Phi) is 5.31. The van der Waals surface area contributed by atoms with E-state index in [9.17, 15) is 8.78 Å². The molecular weight excluding hydrogens is 246 g/mol. The number of benzene rings is 1. The van der Waals surface area contributed by atoms with E-state index in [2.05, 4.69) is 4.90 Å². The summed E-state index contributed by atoms with van der Waals surface area (Å²) >= 11 is 0. The van der Waals surface area contributed by atoms with Gasteiger partial charge in [0.1, 0.15) is 11.6 Å². The molecular formula is C12H17ClF2N2. The fraction of sp³-hybridized carbons (Fsp3) is 0.500. The van der Waals surface area contributed by atoms with E-state index in [1.54, 1.807) is 0 Å². The number of piperidine rings is 1. The maximum atomic E-state index is 13.4. The van der Waals surface area contributed by atoms with Crippen molar-refractivity contribution in [2.75, 3.05) is 13.1 Å². The van der Waals surface area contributed by atoms with E-state index >= 15 is 0 Å². The molecule has 96 valence electrons. The predicted molar refractivity (Wildman–Crippen MR) is 66.1 cm³/mol. The molecule has 5 heteroatoms. The molecule has 1 aliphatic heterocycles. The van der Waals surface area contributed by atoms with E-state index in [1.807, 2.05) is 0 Å². The van der Waals surface area contributed by atoms with Crippen LogP contribution in [0.1, 0.15) is 18.4 Å². The van der Waals surface area contributed by atoms with E-state index in [4.69, 9.17) is 5.73 Å². The van der Waals surface area contributed by atoms with Gasteiger partial charge in [-0.1, -0.05) is 6.07 Å². The Morgan fingerprint density at radius 2 is 1.88 bits per heavy atom. The van der Waals surface area contributed by atoms with Crippen LogP contribution >= 0.6 is 12.4 Å². The lowest BCUT2D eigenvalue weighted by Gasteiger charge is -2.30. The minimum atomic E-state index is -0.526. The second kappa shape index (κ2) is 6.28. The minimum Gasteiger partial charge on any atom is -0.328 e. The van der Waals surface area contributed by atoms with Crippen molar-refractivity contribution < 1.29 is 8.78 Å². The van der Waals surface area contributed by atoms with Gasteiger partial charge in [0.15, 0.2) is 0 Å². The Morgan fingerprint density at radius 3 is 2.47 bits per heavy atom. The molecule has 0 spiro atoms. The second-order valence-corrected chi connectivity index (χ2v) is 4.35. The standard InChI is InChI=1S/C12H16F2N2.ClH/c13-10-2-1-9(12(14)7-10)8-16-5-3-11(15)4-6-16;/h1-2,7,11H,3-6,8,15H2;1H. The molecule has 0 unspecified atom stereocenters. The Morgan fingerprint density at radius 1 is 1.24 bits per heavy atom. The molecule has 0 amide bonds. The fourth-order valence-corrected chi connectivity index (χ4v) is 2.00. The van der Waals surface area contributed by atoms with E-state index in [0.29, 0.717) is 12.1 Å². The molecule has 0 radical (unpaired) electrons. The van der Waals surface area contributed by atoms with Gasteiger partial charge in [-0.3, -0.25) is 4.90 Å². The monoisotopic (exact) mass is 262 g/mol. The van der Waals surface area contributed by atoms with Gasteiger partial charge in [-0.2, -0.15) is 0 Å². The lowest BCUT2D eigenvalue weighted by atomic mass is 10.1. The van der Waals surface area contributed by atoms with E-state index in [0.717, 1.165) is 32.0 Å². The largest absolute Gasteiger partial charge is 0.328 e. The number of rotatable bonds is 2. The van der Waals surface area contributed by atoms with Crippen LogP contribution in [-0.4, -0.2) is 24.0 Å². The SMILES string of the molecule is Cl.NC1CCN(Cc2ccc(F)cc2F)CC1. The van der Waals surface area contributed by atoms with Crippen molar-refractivity contribution in [3.8, 4) is 0 Å². The smallest absolute Gasteiger partial charge is 0.130 e. The highest BCUT2D eigenvalue weighted by Crippen LogP contribution is 2.15. The van der Waals surface area contributed by atoms with E-state index in [-0.39, 0.29) is 18.4 Å². The second-order valence-electron chi connectivity index (χ2n) is 4.35. The maximum Gasteiger partial charge on any atom is 0.130 e. The van der Waals surface area contributed by atoms with Gasteiger partial charge in [0, 0.05) is 24.2 Å². The Bertz CT molecular complexity index is 366. The molecule has 0 aromatic heterocycles. The van der Waals surface area contributed by atoms with Crippen LogP contribution in [-0.2, 0) is 6.54 Å². The van der Waals surface area contributed by atoms with Crippen molar-refractivity contribution in [3.63, 3.8) is 0 Å². The number of likely N-dealkylation sites (tertiary alicyclic amines) is 1. The molecule has 0 saturated carbocycles. The van der Waals surface area contributed by atoms with Crippen molar-refractivity contribution in [3.05, 3.63) is 35.4 Å². The third kappa shape index (κ3) is 3.91. The molecule has 17 heavy (non-hydrogen) atoms. The molecule has 0 bridgehead atoms. The predicted octanol–water partition coefficient (Wildman–Crippen LogP) is 2.31. The first-order chi connectivity index (χ1) is 7.65. The van der Waals surface area contributed by atoms with Crippen LogP contribution in [0.25, 0.3) is 0 Å². The van der Waals surface area contributed by atoms with Gasteiger partial charge in [-0.05, 0) is 32.0 Å². The number of halogens is 3. The summed E-state index contributed by atoms with van der Waals surface area (Å²) < 4.78 is 26.1. The summed E-state index contributed by atoms with van der Waals surface area (Å²) in [5.74, 6) is -0.989. The van der Waals surface area contributed by atoms with Crippen LogP contribution in [0.15, 0.2) is 18.2 Å². The first kappa shape index (κ1) is 14.4. The lowest BCUT2D eigenvalue weighted by molar-refractivity contribution is 0.203. The van der Waals surface area contributed by atoms with Gasteiger partial charge in [0.25, 0.3) is 0 Å². The molecule has 0 atom stereocenters. The van der Waals surface area contributed by atoms with Crippen LogP contribution in [0.2, 0.25) is 0 Å². The quantitative estimate of drug-likeness (QED) is 0.886. The highest BCUT2D eigenvalue weighted by atomic mass is 35.5. The van der Waals surface area contributed by atoms with Crippen molar-refractivity contribution in [2.45, 2.75) is 25.4 Å². The molecule has 2 N–H and O–H groups in total. The first-order valence-corrected chi connectivity index (χ1v) is 5.57. The van der Waals surface area contributed by atoms with Crippen LogP contribution in [0, 0.1) is 11.6 Å². The van der Waals surface area contributed by atoms with Gasteiger partial charge < -0.3 is 5.73 Å². The van der Waals surface area contributed by atoms with Gasteiger partial charge in [-0.25, -0.2) is 8.78 Å². The summed E-state index contributed by atoms with van der Waals surface area (Å²) in [5.41, 5.74) is 6.34. The zero-order valence-corrected chi connectivity index (χ0v) is 10.4. The Hall–Kier alpha value is -0.710. The van der Waals surface area contributed by atoms with Crippen molar-refractivity contribution in [2.24, 2.45) is 5.73 Å². The highest BCUT2D eigenvalue weighted by molar-refractivity contribution is 5.85. The van der Waals surface area contributed by atoms with Crippen molar-refractivity contribution in [1.29, 1.82) is 0 Å². The van der Waals surface area contributed by atoms with Gasteiger partial charge >= 0.3 is 0 Å². The molecule has 2 nitrogen and oxygen atoms in total. The van der Waals surface area contributed by atoms with Gasteiger partial charge in [-0.15, -0.1) is 12.4 Å². The Labute approximate surface area is 106 Å². The van der Waals surface area contributed by atoms with E-state index in [1.165, 1.54) is 12.1 Å². The van der Waals surface area contributed by atoms with Gasteiger partial charge in [0.05, 0.1) is 0 Å². The normalized spacial score (nSPS) is 17.8. The van der Waals surface area contributed by atoms with E-state index < -0.39 is 11.6 Å². The van der Waals surface area contributed by atoms with Crippen molar-refractivity contribution in [1.82, 2.24) is 4.90 Å². The Balaban J connectivity index is 0.00000144. The summed E-state index contributed by atoms with van der Waals surface area (Å²) in [6, 6.07) is 4.02. The highest BCUT2D eigenvalue weighted by Gasteiger charge is 2.17. The maximum absolute atomic E-state index is 13.4. The zero-order chi connectivity index (χ0) is 11.5. The van der Waals surface area contributed by atoms with Crippen molar-refractivity contribution >= 4 is 12.4 Å². The molecule has 1 fully saturated rings. The number of hydrogen-bond donors (Lipinski definition) is 1. The summed E-state index contributed by atoms with van der Waals surface area (Å²) in [6.45, 7) is 2.31. The number of hydrogen-bond acceptors (Lipinski definition) is 2. The summed E-state index contributed by atoms with van der Waals surface area (Å²) in [7, 11) is 0. The summed E-state index contributed by atoms with van der Waals surface area (Å²) in [5, 5.41) is 0. The lowest BCUT2D eigenvalue weighted by Crippen LogP contribution is -2.39. The topological polar surface area (TPSA) is 29.3 Å². The molecule has 1 heterocycles. The number of nitrogens with two attached hydrogens (primary N) is 1. The van der Waals surface area contributed by atoms with Crippen LogP contribution in [0.4, 0.5) is 8.78 Å². The molecule has 1 aromatic carbocycles. The summed E-state index contributed by atoms with van der Waals surface area (Å²) in [6.07, 6.45) is 1.89. The third-order valence-electron chi connectivity index (χ3n) is 3.04. The molecule has 2 rings (SSSR count). The van der Waals surface area contributed by atoms with Gasteiger partial charge in [0.2, 0.25) is 0 Å². The van der Waals surface area contributed by atoms with Crippen LogP contribution < -0.4 is 5.73 Å². The molecule has 1 aliphatic rings. The molecule has 0 aliphatic carbocycles. The minimum absolute atomic E-state index is 0. The van der Waals surface area contributed by atoms with Crippen LogP contribution in [0.3, 0.4) is 0 Å². The first-order valence-electron chi connectivity index (χ1n) is 5.57. The average molecular weight is 263 g/mol. The average Bonchev–Trinajstić information content (AvgIpc) is 2.25. The zero-order valence-electron chi connectivity index (χ0n) is 9.53. The van der Waals surface area contributed by atoms with Crippen LogP contribution in [0.5, 0.6) is 0 Å². The fourth-order valence-electron chi connectivity index (χ4n) is 2.00. The summed E-state index contributed by atoms with van der Waals surface area (Å²) in [4.78, 5) is 2.15.